The van der Waals surface area contributed by atoms with Crippen molar-refractivity contribution in [1.29, 1.82) is 5.26 Å². The van der Waals surface area contributed by atoms with Gasteiger partial charge in [-0.2, -0.15) is 10.4 Å². The van der Waals surface area contributed by atoms with Crippen molar-refractivity contribution in [3.05, 3.63) is 78.1 Å². The van der Waals surface area contributed by atoms with Gasteiger partial charge in [-0.3, -0.25) is 4.79 Å². The number of ether oxygens (including phenoxy) is 2. The molecule has 1 heterocycles. The van der Waals surface area contributed by atoms with Gasteiger partial charge in [0.25, 0.3) is 0 Å². The van der Waals surface area contributed by atoms with Crippen LogP contribution < -0.4 is 9.47 Å². The number of rotatable bonds is 7. The second-order valence-electron chi connectivity index (χ2n) is 5.52. The summed E-state index contributed by atoms with van der Waals surface area (Å²) < 4.78 is 12.2. The lowest BCUT2D eigenvalue weighted by atomic mass is 10.1. The Bertz CT molecular complexity index is 1000. The molecule has 0 atom stereocenters. The highest BCUT2D eigenvalue weighted by Gasteiger charge is 2.10. The summed E-state index contributed by atoms with van der Waals surface area (Å²) in [5.41, 5.74) is 2.05. The number of hydrogen-bond donors (Lipinski definition) is 0. The smallest absolute Gasteiger partial charge is 0.188 e. The van der Waals surface area contributed by atoms with Gasteiger partial charge in [-0.1, -0.05) is 24.3 Å². The molecule has 0 N–H and O–H groups in total. The summed E-state index contributed by atoms with van der Waals surface area (Å²) in [5.74, 6) is 0.841. The first-order valence-electron chi connectivity index (χ1n) is 8.22. The first kappa shape index (κ1) is 18.0. The molecule has 2 aromatic carbocycles. The largest absolute Gasteiger partial charge is 0.493 e. The maximum Gasteiger partial charge on any atom is 0.188 e. The van der Waals surface area contributed by atoms with Crippen LogP contribution in [0.5, 0.6) is 11.5 Å². The number of nitriles is 1. The molecule has 0 aliphatic heterocycles. The maximum atomic E-state index is 12.7. The highest BCUT2D eigenvalue weighted by atomic mass is 16.5. The fourth-order valence-corrected chi connectivity index (χ4v) is 2.57. The van der Waals surface area contributed by atoms with E-state index in [4.69, 9.17) is 14.7 Å². The lowest BCUT2D eigenvalue weighted by Gasteiger charge is -2.09. The van der Waals surface area contributed by atoms with E-state index in [9.17, 15) is 4.79 Å². The van der Waals surface area contributed by atoms with E-state index in [0.717, 1.165) is 11.3 Å². The van der Waals surface area contributed by atoms with Crippen molar-refractivity contribution in [3.63, 3.8) is 0 Å². The van der Waals surface area contributed by atoms with E-state index in [2.05, 4.69) is 5.10 Å². The zero-order chi connectivity index (χ0) is 19.1. The van der Waals surface area contributed by atoms with Crippen LogP contribution in [0.4, 0.5) is 0 Å². The SMILES string of the molecule is COc1cc(/C=C/C(=O)c2ccccc2-n2cccn2)ccc1OCC#N. The number of ketones is 1. The predicted octanol–water partition coefficient (Wildman–Crippen LogP) is 3.68. The number of hydrogen-bond acceptors (Lipinski definition) is 5. The van der Waals surface area contributed by atoms with Gasteiger partial charge in [0.05, 0.1) is 12.8 Å². The van der Waals surface area contributed by atoms with Crippen molar-refractivity contribution < 1.29 is 14.3 Å². The van der Waals surface area contributed by atoms with E-state index in [1.54, 1.807) is 53.5 Å². The van der Waals surface area contributed by atoms with E-state index in [1.807, 2.05) is 24.3 Å². The third-order valence-electron chi connectivity index (χ3n) is 3.83. The molecule has 134 valence electrons. The third kappa shape index (κ3) is 4.22. The Morgan fingerprint density at radius 1 is 1.22 bits per heavy atom. The molecule has 6 nitrogen and oxygen atoms in total. The number of nitrogens with zero attached hydrogens (tertiary/aromatic N) is 3. The van der Waals surface area contributed by atoms with Crippen LogP contribution in [-0.2, 0) is 0 Å². The second kappa shape index (κ2) is 8.50. The van der Waals surface area contributed by atoms with Gasteiger partial charge in [-0.15, -0.1) is 0 Å². The van der Waals surface area contributed by atoms with Crippen LogP contribution >= 0.6 is 0 Å². The van der Waals surface area contributed by atoms with Crippen LogP contribution in [0.2, 0.25) is 0 Å². The number of carbonyl (C=O) groups excluding carboxylic acids is 1. The Labute approximate surface area is 156 Å². The van der Waals surface area contributed by atoms with Crippen LogP contribution in [-0.4, -0.2) is 29.3 Å². The molecule has 0 amide bonds. The van der Waals surface area contributed by atoms with Gasteiger partial charge in [-0.05, 0) is 42.0 Å². The molecule has 3 rings (SSSR count). The lowest BCUT2D eigenvalue weighted by Crippen LogP contribution is -2.04. The highest BCUT2D eigenvalue weighted by Crippen LogP contribution is 2.28. The molecule has 6 heteroatoms. The van der Waals surface area contributed by atoms with Crippen molar-refractivity contribution in [3.8, 4) is 23.3 Å². The molecular formula is C21H17N3O3. The van der Waals surface area contributed by atoms with Crippen LogP contribution in [0.3, 0.4) is 0 Å². The topological polar surface area (TPSA) is 77.1 Å². The van der Waals surface area contributed by atoms with Gasteiger partial charge in [0.2, 0.25) is 0 Å². The standard InChI is InChI=1S/C21H17N3O3/c1-26-21-15-16(8-10-20(21)27-14-11-22)7-9-19(25)17-5-2-3-6-18(17)24-13-4-12-23-24/h2-10,12-13,15H,14H2,1H3/b9-7+. The molecule has 0 radical (unpaired) electrons. The van der Waals surface area contributed by atoms with Gasteiger partial charge in [0.1, 0.15) is 6.07 Å². The summed E-state index contributed by atoms with van der Waals surface area (Å²) in [6, 6.07) is 16.3. The van der Waals surface area contributed by atoms with E-state index in [1.165, 1.54) is 13.2 Å². The number of para-hydroxylation sites is 1. The number of methoxy groups -OCH3 is 1. The van der Waals surface area contributed by atoms with Gasteiger partial charge in [0, 0.05) is 18.0 Å². The predicted molar refractivity (Wildman–Crippen MR) is 101 cm³/mol. The number of allylic oxidation sites excluding steroid dienone is 1. The molecule has 0 saturated heterocycles. The number of carbonyl (C=O) groups is 1. The Morgan fingerprint density at radius 2 is 2.07 bits per heavy atom. The number of aromatic nitrogens is 2. The summed E-state index contributed by atoms with van der Waals surface area (Å²) >= 11 is 0. The minimum absolute atomic E-state index is 0.0613. The quantitative estimate of drug-likeness (QED) is 0.475. The van der Waals surface area contributed by atoms with Gasteiger partial charge < -0.3 is 9.47 Å². The second-order valence-corrected chi connectivity index (χ2v) is 5.52. The Morgan fingerprint density at radius 3 is 2.81 bits per heavy atom. The summed E-state index contributed by atoms with van der Waals surface area (Å²) in [5, 5.41) is 12.8. The molecule has 0 bridgehead atoms. The van der Waals surface area contributed by atoms with Gasteiger partial charge >= 0.3 is 0 Å². The maximum absolute atomic E-state index is 12.7. The van der Waals surface area contributed by atoms with Gasteiger partial charge in [0.15, 0.2) is 23.9 Å². The first-order chi connectivity index (χ1) is 13.2. The van der Waals surface area contributed by atoms with E-state index in [-0.39, 0.29) is 12.4 Å². The molecule has 3 aromatic rings. The fourth-order valence-electron chi connectivity index (χ4n) is 2.57. The first-order valence-corrected chi connectivity index (χ1v) is 8.22. The van der Waals surface area contributed by atoms with Crippen molar-refractivity contribution in [2.75, 3.05) is 13.7 Å². The summed E-state index contributed by atoms with van der Waals surface area (Å²) in [6.45, 7) is -0.0613. The molecule has 0 fully saturated rings. The van der Waals surface area contributed by atoms with Crippen molar-refractivity contribution in [2.45, 2.75) is 0 Å². The number of benzene rings is 2. The minimum atomic E-state index is -0.134. The van der Waals surface area contributed by atoms with Gasteiger partial charge in [-0.25, -0.2) is 4.68 Å². The fraction of sp³-hybridized carbons (Fsp3) is 0.0952. The van der Waals surface area contributed by atoms with Crippen molar-refractivity contribution >= 4 is 11.9 Å². The van der Waals surface area contributed by atoms with E-state index < -0.39 is 0 Å². The molecule has 0 aliphatic carbocycles. The zero-order valence-electron chi connectivity index (χ0n) is 14.7. The zero-order valence-corrected chi connectivity index (χ0v) is 14.7. The van der Waals surface area contributed by atoms with E-state index in [0.29, 0.717) is 17.1 Å². The summed E-state index contributed by atoms with van der Waals surface area (Å²) in [7, 11) is 1.52. The summed E-state index contributed by atoms with van der Waals surface area (Å²) in [6.07, 6.45) is 6.67. The Hall–Kier alpha value is -3.85. The highest BCUT2D eigenvalue weighted by molar-refractivity contribution is 6.09. The summed E-state index contributed by atoms with van der Waals surface area (Å²) in [4.78, 5) is 12.7. The minimum Gasteiger partial charge on any atom is -0.493 e. The van der Waals surface area contributed by atoms with E-state index >= 15 is 0 Å². The van der Waals surface area contributed by atoms with Crippen molar-refractivity contribution in [2.24, 2.45) is 0 Å². The van der Waals surface area contributed by atoms with Crippen LogP contribution in [0, 0.1) is 11.3 Å². The molecule has 0 saturated carbocycles. The lowest BCUT2D eigenvalue weighted by molar-refractivity contribution is 0.104. The molecule has 0 spiro atoms. The molecule has 27 heavy (non-hydrogen) atoms. The van der Waals surface area contributed by atoms with Crippen LogP contribution in [0.25, 0.3) is 11.8 Å². The van der Waals surface area contributed by atoms with Crippen molar-refractivity contribution in [1.82, 2.24) is 9.78 Å². The molecule has 1 aromatic heterocycles. The average Bonchev–Trinajstić information content (AvgIpc) is 3.25. The van der Waals surface area contributed by atoms with Crippen LogP contribution in [0.1, 0.15) is 15.9 Å². The molecule has 0 unspecified atom stereocenters. The Balaban J connectivity index is 1.83. The Kier molecular flexibility index (Phi) is 5.65. The third-order valence-corrected chi connectivity index (χ3v) is 3.83. The normalized spacial score (nSPS) is 10.5. The molecule has 0 aliphatic rings. The van der Waals surface area contributed by atoms with Crippen LogP contribution in [0.15, 0.2) is 67.0 Å². The molecular weight excluding hydrogens is 342 g/mol. The average molecular weight is 359 g/mol. The monoisotopic (exact) mass is 359 g/mol.